The van der Waals surface area contributed by atoms with E-state index in [1.165, 1.54) is 61.1 Å². The summed E-state index contributed by atoms with van der Waals surface area (Å²) in [5, 5.41) is 0. The third-order valence-corrected chi connectivity index (χ3v) is 13.6. The summed E-state index contributed by atoms with van der Waals surface area (Å²) in [4.78, 5) is 7.57. The van der Waals surface area contributed by atoms with Crippen molar-refractivity contribution in [2.24, 2.45) is 0 Å². The molecule has 3 nitrogen and oxygen atoms in total. The SMILES string of the molecule is CC(C)(C)c1ccc(N(c2ccc(C(C)(C)C)cc2)c2cc3c4c(c2)N(c2ccccc2-c2ccccc2)c2ccccc2B4c2ccccc2N3c2ccccc2-c2ccccc2)cc1. The van der Waals surface area contributed by atoms with Gasteiger partial charge in [0.1, 0.15) is 0 Å². The van der Waals surface area contributed by atoms with Crippen LogP contribution in [0.25, 0.3) is 22.3 Å². The minimum atomic E-state index is -0.0117. The van der Waals surface area contributed by atoms with Crippen LogP contribution in [0.4, 0.5) is 51.2 Å². The Morgan fingerprint density at radius 3 is 1.08 bits per heavy atom. The molecule has 0 amide bonds. The topological polar surface area (TPSA) is 9.72 Å². The van der Waals surface area contributed by atoms with Crippen LogP contribution in [0, 0.1) is 0 Å². The highest BCUT2D eigenvalue weighted by molar-refractivity contribution is 7.00. The van der Waals surface area contributed by atoms with Crippen molar-refractivity contribution < 1.29 is 0 Å². The highest BCUT2D eigenvalue weighted by Gasteiger charge is 2.44. The summed E-state index contributed by atoms with van der Waals surface area (Å²) in [6.07, 6.45) is 0. The standard InChI is InChI=1S/C62H54BN3/c1-61(2,3)45-33-37-47(38-34-45)64(48-39-35-46(36-40-48)62(4,5)6)49-41-58-60-59(42-49)66(55-30-18-14-26-51(55)44-23-11-8-12-24-44)57-32-20-16-28-53(57)63(60)52-27-15-19-31-56(52)65(58)54-29-17-13-25-50(54)43-21-9-7-10-22-43/h7-42H,1-6H3. The van der Waals surface area contributed by atoms with E-state index in [-0.39, 0.29) is 17.5 Å². The Labute approximate surface area is 391 Å². The largest absolute Gasteiger partial charge is 0.311 e. The van der Waals surface area contributed by atoms with Gasteiger partial charge in [0.25, 0.3) is 6.71 Å². The van der Waals surface area contributed by atoms with E-state index in [0.717, 1.165) is 39.8 Å². The Hall–Kier alpha value is -7.56. The first-order valence-corrected chi connectivity index (χ1v) is 23.3. The second kappa shape index (κ2) is 16.2. The fraction of sp³-hybridized carbons (Fsp3) is 0.129. The van der Waals surface area contributed by atoms with Gasteiger partial charge in [0.2, 0.25) is 0 Å². The molecule has 9 aromatic carbocycles. The van der Waals surface area contributed by atoms with Gasteiger partial charge in [-0.05, 0) is 110 Å². The molecule has 0 aliphatic carbocycles. The number of nitrogens with zero attached hydrogens (tertiary/aromatic N) is 3. The molecular weight excluding hydrogens is 798 g/mol. The molecule has 0 aromatic heterocycles. The van der Waals surface area contributed by atoms with E-state index < -0.39 is 0 Å². The summed E-state index contributed by atoms with van der Waals surface area (Å²) in [6, 6.07) is 81.1. The molecule has 0 spiro atoms. The van der Waals surface area contributed by atoms with Gasteiger partial charge in [0, 0.05) is 45.3 Å². The zero-order valence-electron chi connectivity index (χ0n) is 38.7. The van der Waals surface area contributed by atoms with Crippen LogP contribution in [0.2, 0.25) is 0 Å². The molecule has 320 valence electrons. The third kappa shape index (κ3) is 7.09. The minimum Gasteiger partial charge on any atom is -0.311 e. The number of hydrogen-bond donors (Lipinski definition) is 0. The fourth-order valence-electron chi connectivity index (χ4n) is 10.3. The summed E-state index contributed by atoms with van der Waals surface area (Å²) in [7, 11) is 0. The van der Waals surface area contributed by atoms with Gasteiger partial charge in [-0.3, -0.25) is 0 Å². The van der Waals surface area contributed by atoms with E-state index in [4.69, 9.17) is 0 Å². The number of para-hydroxylation sites is 4. The van der Waals surface area contributed by atoms with Crippen LogP contribution in [-0.2, 0) is 10.8 Å². The van der Waals surface area contributed by atoms with Gasteiger partial charge in [-0.2, -0.15) is 0 Å². The number of rotatable bonds is 7. The van der Waals surface area contributed by atoms with E-state index in [2.05, 4.69) is 275 Å². The van der Waals surface area contributed by atoms with Crippen molar-refractivity contribution >= 4 is 74.3 Å². The van der Waals surface area contributed by atoms with Gasteiger partial charge in [-0.1, -0.05) is 199 Å². The van der Waals surface area contributed by atoms with Crippen LogP contribution in [0.5, 0.6) is 0 Å². The van der Waals surface area contributed by atoms with Crippen LogP contribution >= 0.6 is 0 Å². The van der Waals surface area contributed by atoms with E-state index in [1.807, 2.05) is 0 Å². The summed E-state index contributed by atoms with van der Waals surface area (Å²) in [6.45, 7) is 13.7. The van der Waals surface area contributed by atoms with Gasteiger partial charge in [-0.25, -0.2) is 0 Å². The summed E-state index contributed by atoms with van der Waals surface area (Å²) in [5.74, 6) is 0. The quantitative estimate of drug-likeness (QED) is 0.148. The molecule has 0 N–H and O–H groups in total. The summed E-state index contributed by atoms with van der Waals surface area (Å²) < 4.78 is 0. The molecule has 9 aromatic rings. The zero-order chi connectivity index (χ0) is 45.2. The monoisotopic (exact) mass is 851 g/mol. The van der Waals surface area contributed by atoms with E-state index in [1.54, 1.807) is 0 Å². The van der Waals surface area contributed by atoms with Crippen molar-refractivity contribution in [3.8, 4) is 22.3 Å². The molecule has 11 rings (SSSR count). The maximum Gasteiger partial charge on any atom is 0.252 e. The number of fused-ring (bicyclic) bond motifs is 4. The molecule has 0 atom stereocenters. The smallest absolute Gasteiger partial charge is 0.252 e. The number of anilines is 9. The highest BCUT2D eigenvalue weighted by atomic mass is 15.2. The van der Waals surface area contributed by atoms with Crippen LogP contribution in [0.1, 0.15) is 52.7 Å². The Morgan fingerprint density at radius 2 is 0.682 bits per heavy atom. The second-order valence-corrected chi connectivity index (χ2v) is 19.8. The van der Waals surface area contributed by atoms with Crippen LogP contribution in [0.15, 0.2) is 218 Å². The predicted octanol–water partition coefficient (Wildman–Crippen LogP) is 15.2. The van der Waals surface area contributed by atoms with E-state index in [9.17, 15) is 0 Å². The lowest BCUT2D eigenvalue weighted by atomic mass is 9.33. The normalized spacial score (nSPS) is 12.9. The van der Waals surface area contributed by atoms with Crippen molar-refractivity contribution in [1.82, 2.24) is 0 Å². The molecule has 0 unspecified atom stereocenters. The lowest BCUT2D eigenvalue weighted by Crippen LogP contribution is -2.61. The molecule has 2 aliphatic heterocycles. The highest BCUT2D eigenvalue weighted by Crippen LogP contribution is 2.51. The Morgan fingerprint density at radius 1 is 0.333 bits per heavy atom. The lowest BCUT2D eigenvalue weighted by molar-refractivity contribution is 0.590. The minimum absolute atomic E-state index is 0.0117. The van der Waals surface area contributed by atoms with Gasteiger partial charge in [0.05, 0.1) is 17.1 Å². The van der Waals surface area contributed by atoms with E-state index in [0.29, 0.717) is 0 Å². The first-order chi connectivity index (χ1) is 32.0. The number of benzene rings is 9. The van der Waals surface area contributed by atoms with Crippen molar-refractivity contribution in [3.05, 3.63) is 230 Å². The van der Waals surface area contributed by atoms with Gasteiger partial charge in [-0.15, -0.1) is 0 Å². The van der Waals surface area contributed by atoms with E-state index >= 15 is 0 Å². The maximum absolute atomic E-state index is 2.55. The average Bonchev–Trinajstić information content (AvgIpc) is 3.34. The maximum atomic E-state index is 2.55. The first kappa shape index (κ1) is 41.2. The second-order valence-electron chi connectivity index (χ2n) is 19.8. The van der Waals surface area contributed by atoms with Crippen LogP contribution in [-0.4, -0.2) is 6.71 Å². The zero-order valence-corrected chi connectivity index (χ0v) is 38.7. The molecule has 0 saturated carbocycles. The van der Waals surface area contributed by atoms with Crippen molar-refractivity contribution in [2.45, 2.75) is 52.4 Å². The molecule has 0 saturated heterocycles. The summed E-state index contributed by atoms with van der Waals surface area (Å²) in [5.41, 5.74) is 21.5. The third-order valence-electron chi connectivity index (χ3n) is 13.6. The Balaban J connectivity index is 1.26. The molecule has 66 heavy (non-hydrogen) atoms. The summed E-state index contributed by atoms with van der Waals surface area (Å²) >= 11 is 0. The molecule has 4 heteroatoms. The van der Waals surface area contributed by atoms with Crippen LogP contribution < -0.4 is 31.1 Å². The Kier molecular flexibility index (Phi) is 10.1. The molecular formula is C62H54BN3. The fourth-order valence-corrected chi connectivity index (χ4v) is 10.3. The molecule has 0 fully saturated rings. The van der Waals surface area contributed by atoms with Gasteiger partial charge in [0.15, 0.2) is 0 Å². The molecule has 0 bridgehead atoms. The molecule has 2 aliphatic rings. The Bertz CT molecular complexity index is 3000. The molecule has 2 heterocycles. The number of hydrogen-bond acceptors (Lipinski definition) is 3. The van der Waals surface area contributed by atoms with Crippen molar-refractivity contribution in [1.29, 1.82) is 0 Å². The molecule has 0 radical (unpaired) electrons. The lowest BCUT2D eigenvalue weighted by Gasteiger charge is -2.45. The average molecular weight is 852 g/mol. The predicted molar refractivity (Wildman–Crippen MR) is 283 cm³/mol. The van der Waals surface area contributed by atoms with Crippen LogP contribution in [0.3, 0.4) is 0 Å². The van der Waals surface area contributed by atoms with Crippen molar-refractivity contribution in [3.63, 3.8) is 0 Å². The first-order valence-electron chi connectivity index (χ1n) is 23.3. The van der Waals surface area contributed by atoms with Gasteiger partial charge >= 0.3 is 0 Å². The van der Waals surface area contributed by atoms with Crippen molar-refractivity contribution in [2.75, 3.05) is 14.7 Å². The van der Waals surface area contributed by atoms with Gasteiger partial charge < -0.3 is 14.7 Å².